The summed E-state index contributed by atoms with van der Waals surface area (Å²) in [6, 6.07) is 5.64. The molecule has 1 saturated carbocycles. The van der Waals surface area contributed by atoms with Crippen LogP contribution < -0.4 is 0 Å². The number of oxime groups is 1. The van der Waals surface area contributed by atoms with E-state index in [-0.39, 0.29) is 5.56 Å². The highest BCUT2D eigenvalue weighted by Crippen LogP contribution is 2.32. The van der Waals surface area contributed by atoms with E-state index in [0.29, 0.717) is 0 Å². The van der Waals surface area contributed by atoms with Gasteiger partial charge in [0.15, 0.2) is 5.71 Å². The fourth-order valence-corrected chi connectivity index (χ4v) is 2.23. The summed E-state index contributed by atoms with van der Waals surface area (Å²) in [4.78, 5) is 16.5. The molecule has 19 heavy (non-hydrogen) atoms. The summed E-state index contributed by atoms with van der Waals surface area (Å²) in [7, 11) is 0. The number of benzene rings is 1. The lowest BCUT2D eigenvalue weighted by Crippen LogP contribution is -2.24. The zero-order chi connectivity index (χ0) is 13.9. The third-order valence-corrected chi connectivity index (χ3v) is 3.35. The topological polar surface area (TPSA) is 58.9 Å². The van der Waals surface area contributed by atoms with Crippen molar-refractivity contribution in [2.45, 2.75) is 38.2 Å². The van der Waals surface area contributed by atoms with E-state index >= 15 is 0 Å². The van der Waals surface area contributed by atoms with Gasteiger partial charge in [-0.25, -0.2) is 9.18 Å². The largest absolute Gasteiger partial charge is 0.476 e. The molecule has 1 N–H and O–H groups in total. The van der Waals surface area contributed by atoms with Crippen molar-refractivity contribution < 1.29 is 19.1 Å². The van der Waals surface area contributed by atoms with E-state index in [4.69, 9.17) is 9.94 Å². The molecule has 0 saturated heterocycles. The Balaban J connectivity index is 2.26. The van der Waals surface area contributed by atoms with Gasteiger partial charge in [-0.1, -0.05) is 17.3 Å². The minimum absolute atomic E-state index is 0.0587. The summed E-state index contributed by atoms with van der Waals surface area (Å²) in [5.41, 5.74) is -0.894. The molecule has 1 aromatic carbocycles. The van der Waals surface area contributed by atoms with Gasteiger partial charge in [0.05, 0.1) is 0 Å². The molecule has 1 aromatic rings. The first-order valence-corrected chi connectivity index (χ1v) is 6.26. The molecular formula is C14H16FNO3. The monoisotopic (exact) mass is 265 g/mol. The quantitative estimate of drug-likeness (QED) is 0.672. The molecule has 1 aliphatic carbocycles. The summed E-state index contributed by atoms with van der Waals surface area (Å²) in [6.07, 6.45) is 3.74. The van der Waals surface area contributed by atoms with Crippen LogP contribution in [0.15, 0.2) is 29.4 Å². The average molecular weight is 265 g/mol. The first kappa shape index (κ1) is 13.5. The minimum atomic E-state index is -1.30. The predicted octanol–water partition coefficient (Wildman–Crippen LogP) is 2.96. The van der Waals surface area contributed by atoms with Crippen molar-refractivity contribution in [1.29, 1.82) is 0 Å². The zero-order valence-corrected chi connectivity index (χ0v) is 10.7. The molecule has 0 spiro atoms. The summed E-state index contributed by atoms with van der Waals surface area (Å²) < 4.78 is 13.6. The van der Waals surface area contributed by atoms with Gasteiger partial charge in [0, 0.05) is 5.56 Å². The number of rotatable bonds is 4. The maximum Gasteiger partial charge on any atom is 0.358 e. The summed E-state index contributed by atoms with van der Waals surface area (Å²) >= 11 is 0. The standard InChI is InChI=1S/C14H16FNO3/c1-14(8-4-5-9-14)19-16-12(13(17)18)10-6-2-3-7-11(10)15/h2-3,6-7H,4-5,8-9H2,1H3,(H,17,18). The van der Waals surface area contributed by atoms with Crippen LogP contribution in [0.1, 0.15) is 38.2 Å². The Morgan fingerprint density at radius 3 is 2.58 bits per heavy atom. The number of hydrogen-bond acceptors (Lipinski definition) is 3. The second-order valence-electron chi connectivity index (χ2n) is 4.97. The number of carboxylic acids is 1. The van der Waals surface area contributed by atoms with Crippen molar-refractivity contribution in [3.8, 4) is 0 Å². The van der Waals surface area contributed by atoms with Crippen LogP contribution in [0.5, 0.6) is 0 Å². The number of nitrogens with zero attached hydrogens (tertiary/aromatic N) is 1. The van der Waals surface area contributed by atoms with Crippen molar-refractivity contribution in [3.05, 3.63) is 35.6 Å². The Bertz CT molecular complexity index is 507. The van der Waals surface area contributed by atoms with Gasteiger partial charge in [-0.3, -0.25) is 0 Å². The van der Waals surface area contributed by atoms with Crippen molar-refractivity contribution >= 4 is 11.7 Å². The van der Waals surface area contributed by atoms with Crippen LogP contribution in [0.25, 0.3) is 0 Å². The molecule has 0 aromatic heterocycles. The normalized spacial score (nSPS) is 18.3. The van der Waals surface area contributed by atoms with Gasteiger partial charge in [0.2, 0.25) is 0 Å². The van der Waals surface area contributed by atoms with Crippen LogP contribution >= 0.6 is 0 Å². The van der Waals surface area contributed by atoms with E-state index in [1.54, 1.807) is 6.07 Å². The lowest BCUT2D eigenvalue weighted by atomic mass is 10.1. The third kappa shape index (κ3) is 3.10. The Morgan fingerprint density at radius 1 is 1.37 bits per heavy atom. The Morgan fingerprint density at radius 2 is 2.00 bits per heavy atom. The predicted molar refractivity (Wildman–Crippen MR) is 68.5 cm³/mol. The molecule has 1 aliphatic rings. The zero-order valence-electron chi connectivity index (χ0n) is 10.7. The first-order valence-electron chi connectivity index (χ1n) is 6.26. The first-order chi connectivity index (χ1) is 9.02. The van der Waals surface area contributed by atoms with E-state index in [1.807, 2.05) is 6.92 Å². The molecule has 102 valence electrons. The third-order valence-electron chi connectivity index (χ3n) is 3.35. The molecule has 0 atom stereocenters. The molecule has 0 aliphatic heterocycles. The highest BCUT2D eigenvalue weighted by atomic mass is 19.1. The molecule has 0 unspecified atom stereocenters. The summed E-state index contributed by atoms with van der Waals surface area (Å²) in [5.74, 6) is -1.92. The molecule has 0 amide bonds. The smallest absolute Gasteiger partial charge is 0.358 e. The van der Waals surface area contributed by atoms with Crippen LogP contribution in [0.2, 0.25) is 0 Å². The van der Waals surface area contributed by atoms with Gasteiger partial charge in [-0.15, -0.1) is 0 Å². The number of hydrogen-bond donors (Lipinski definition) is 1. The Labute approximate surface area is 110 Å². The van der Waals surface area contributed by atoms with Gasteiger partial charge in [0.25, 0.3) is 0 Å². The van der Waals surface area contributed by atoms with Gasteiger partial charge in [0.1, 0.15) is 11.4 Å². The van der Waals surface area contributed by atoms with Gasteiger partial charge in [-0.05, 0) is 44.7 Å². The molecular weight excluding hydrogens is 249 g/mol. The van der Waals surface area contributed by atoms with E-state index < -0.39 is 23.1 Å². The molecule has 0 radical (unpaired) electrons. The highest BCUT2D eigenvalue weighted by Gasteiger charge is 2.31. The highest BCUT2D eigenvalue weighted by molar-refractivity contribution is 6.42. The molecule has 0 heterocycles. The second kappa shape index (κ2) is 5.38. The summed E-state index contributed by atoms with van der Waals surface area (Å²) in [6.45, 7) is 1.89. The van der Waals surface area contributed by atoms with Crippen molar-refractivity contribution in [3.63, 3.8) is 0 Å². The van der Waals surface area contributed by atoms with E-state index in [9.17, 15) is 9.18 Å². The van der Waals surface area contributed by atoms with Gasteiger partial charge >= 0.3 is 5.97 Å². The van der Waals surface area contributed by atoms with E-state index in [0.717, 1.165) is 25.7 Å². The molecule has 0 bridgehead atoms. The molecule has 2 rings (SSSR count). The fraction of sp³-hybridized carbons (Fsp3) is 0.429. The number of aliphatic carboxylic acids is 1. The van der Waals surface area contributed by atoms with Crippen molar-refractivity contribution in [2.75, 3.05) is 0 Å². The molecule has 5 heteroatoms. The Kier molecular flexibility index (Phi) is 3.83. The Hall–Kier alpha value is -1.91. The number of carbonyl (C=O) groups is 1. The lowest BCUT2D eigenvalue weighted by Gasteiger charge is -2.20. The fourth-order valence-electron chi connectivity index (χ4n) is 2.23. The summed E-state index contributed by atoms with van der Waals surface area (Å²) in [5, 5.41) is 12.8. The van der Waals surface area contributed by atoms with E-state index in [2.05, 4.69) is 5.16 Å². The van der Waals surface area contributed by atoms with Crippen LogP contribution in [-0.4, -0.2) is 22.4 Å². The molecule has 4 nitrogen and oxygen atoms in total. The number of carboxylic acid groups (broad SMARTS) is 1. The van der Waals surface area contributed by atoms with Crippen molar-refractivity contribution in [1.82, 2.24) is 0 Å². The maximum absolute atomic E-state index is 13.6. The minimum Gasteiger partial charge on any atom is -0.476 e. The van der Waals surface area contributed by atoms with Crippen LogP contribution in [-0.2, 0) is 9.63 Å². The van der Waals surface area contributed by atoms with Gasteiger partial charge in [-0.2, -0.15) is 0 Å². The van der Waals surface area contributed by atoms with Crippen molar-refractivity contribution in [2.24, 2.45) is 5.16 Å². The number of halogens is 1. The van der Waals surface area contributed by atoms with Crippen LogP contribution in [0.3, 0.4) is 0 Å². The maximum atomic E-state index is 13.6. The lowest BCUT2D eigenvalue weighted by molar-refractivity contribution is -0.129. The SMILES string of the molecule is CC1(ON=C(C(=O)O)c2ccccc2F)CCCC1. The van der Waals surface area contributed by atoms with E-state index in [1.165, 1.54) is 18.2 Å². The van der Waals surface area contributed by atoms with Crippen LogP contribution in [0, 0.1) is 5.82 Å². The second-order valence-corrected chi connectivity index (χ2v) is 4.97. The van der Waals surface area contributed by atoms with Gasteiger partial charge < -0.3 is 9.94 Å². The average Bonchev–Trinajstić information content (AvgIpc) is 2.78. The molecule has 1 fully saturated rings. The van der Waals surface area contributed by atoms with Crippen LogP contribution in [0.4, 0.5) is 4.39 Å².